The Kier molecular flexibility index (Phi) is 4.58. The van der Waals surface area contributed by atoms with Crippen molar-refractivity contribution < 1.29 is 4.74 Å². The first-order valence-electron chi connectivity index (χ1n) is 3.76. The van der Waals surface area contributed by atoms with Crippen molar-refractivity contribution in [3.63, 3.8) is 0 Å². The van der Waals surface area contributed by atoms with E-state index in [1.807, 2.05) is 12.1 Å². The molecule has 0 aromatic carbocycles. The fourth-order valence-corrected chi connectivity index (χ4v) is 2.19. The zero-order valence-electron chi connectivity index (χ0n) is 6.75. The molecule has 0 aliphatic heterocycles. The van der Waals surface area contributed by atoms with E-state index in [0.29, 0.717) is 6.61 Å². The van der Waals surface area contributed by atoms with Crippen molar-refractivity contribution in [1.29, 1.82) is 0 Å². The highest BCUT2D eigenvalue weighted by molar-refractivity contribution is 9.11. The van der Waals surface area contributed by atoms with Crippen LogP contribution in [0, 0.1) is 0 Å². The Morgan fingerprint density at radius 1 is 1.58 bits per heavy atom. The van der Waals surface area contributed by atoms with Crippen LogP contribution in [-0.2, 0) is 11.3 Å². The number of rotatable bonds is 5. The molecule has 0 spiro atoms. The molecule has 0 radical (unpaired) electrons. The molecule has 0 saturated heterocycles. The monoisotopic (exact) mass is 246 g/mol. The van der Waals surface area contributed by atoms with Gasteiger partial charge in [-0.05, 0) is 34.5 Å². The molecule has 0 aliphatic rings. The Morgan fingerprint density at radius 2 is 2.42 bits per heavy atom. The molecule has 0 N–H and O–H groups in total. The van der Waals surface area contributed by atoms with E-state index in [9.17, 15) is 0 Å². The lowest BCUT2D eigenvalue weighted by molar-refractivity contribution is 0.127. The van der Waals surface area contributed by atoms with Gasteiger partial charge >= 0.3 is 0 Å². The second kappa shape index (κ2) is 5.51. The molecule has 66 valence electrons. The molecule has 0 unspecified atom stereocenters. The summed E-state index contributed by atoms with van der Waals surface area (Å²) in [6, 6.07) is 4.11. The summed E-state index contributed by atoms with van der Waals surface area (Å²) in [5.41, 5.74) is 0. The van der Waals surface area contributed by atoms with Crippen molar-refractivity contribution in [1.82, 2.24) is 0 Å². The van der Waals surface area contributed by atoms with Gasteiger partial charge in [0.1, 0.15) is 0 Å². The summed E-state index contributed by atoms with van der Waals surface area (Å²) in [4.78, 5) is 1.26. The molecule has 0 bridgehead atoms. The smallest absolute Gasteiger partial charge is 0.0809 e. The van der Waals surface area contributed by atoms with Crippen LogP contribution in [0.5, 0.6) is 0 Å². The third-order valence-corrected chi connectivity index (χ3v) is 2.94. The largest absolute Gasteiger partial charge is 0.376 e. The van der Waals surface area contributed by atoms with Gasteiger partial charge in [-0.2, -0.15) is 0 Å². The number of halogens is 1. The van der Waals surface area contributed by atoms with E-state index in [1.165, 1.54) is 4.88 Å². The number of hydrogen-bond acceptors (Lipinski definition) is 2. The van der Waals surface area contributed by atoms with Gasteiger partial charge in [-0.1, -0.05) is 6.08 Å². The molecule has 1 aromatic heterocycles. The summed E-state index contributed by atoms with van der Waals surface area (Å²) >= 11 is 5.11. The lowest BCUT2D eigenvalue weighted by Crippen LogP contribution is -1.91. The van der Waals surface area contributed by atoms with Gasteiger partial charge in [-0.3, -0.25) is 0 Å². The van der Waals surface area contributed by atoms with Gasteiger partial charge in [0.25, 0.3) is 0 Å². The zero-order valence-corrected chi connectivity index (χ0v) is 9.16. The van der Waals surface area contributed by atoms with Gasteiger partial charge in [0, 0.05) is 4.88 Å². The summed E-state index contributed by atoms with van der Waals surface area (Å²) < 4.78 is 6.55. The van der Waals surface area contributed by atoms with E-state index in [1.54, 1.807) is 11.3 Å². The highest BCUT2D eigenvalue weighted by atomic mass is 79.9. The Morgan fingerprint density at radius 3 is 3.00 bits per heavy atom. The third kappa shape index (κ3) is 3.52. The predicted molar refractivity (Wildman–Crippen MR) is 56.5 cm³/mol. The quantitative estimate of drug-likeness (QED) is 0.570. The van der Waals surface area contributed by atoms with Crippen LogP contribution in [0.4, 0.5) is 0 Å². The van der Waals surface area contributed by atoms with Crippen molar-refractivity contribution in [2.75, 3.05) is 6.61 Å². The van der Waals surface area contributed by atoms with E-state index in [0.717, 1.165) is 16.8 Å². The topological polar surface area (TPSA) is 9.23 Å². The van der Waals surface area contributed by atoms with Gasteiger partial charge in [-0.15, -0.1) is 17.9 Å². The first-order valence-corrected chi connectivity index (χ1v) is 5.36. The maximum Gasteiger partial charge on any atom is 0.0809 e. The number of thiophene rings is 1. The lowest BCUT2D eigenvalue weighted by Gasteiger charge is -1.98. The van der Waals surface area contributed by atoms with E-state index in [-0.39, 0.29) is 0 Å². The second-order valence-electron chi connectivity index (χ2n) is 2.34. The van der Waals surface area contributed by atoms with E-state index in [4.69, 9.17) is 4.74 Å². The average Bonchev–Trinajstić information content (AvgIpc) is 2.45. The predicted octanol–water partition coefficient (Wildman–Crippen LogP) is 3.60. The van der Waals surface area contributed by atoms with Gasteiger partial charge in [0.2, 0.25) is 0 Å². The van der Waals surface area contributed by atoms with Gasteiger partial charge in [-0.25, -0.2) is 0 Å². The standard InChI is InChI=1S/C9H11BrOS/c1-2-3-6-11-7-8-4-5-9(10)12-8/h2,4-5H,1,3,6-7H2. The first-order chi connectivity index (χ1) is 5.83. The minimum absolute atomic E-state index is 0.712. The van der Waals surface area contributed by atoms with Crippen LogP contribution in [0.2, 0.25) is 0 Å². The van der Waals surface area contributed by atoms with Crippen molar-refractivity contribution in [3.05, 3.63) is 33.5 Å². The van der Waals surface area contributed by atoms with Gasteiger partial charge in [0.05, 0.1) is 17.0 Å². The SMILES string of the molecule is C=CCCOCc1ccc(Br)s1. The number of ether oxygens (including phenoxy) is 1. The second-order valence-corrected chi connectivity index (χ2v) is 4.88. The summed E-state index contributed by atoms with van der Waals surface area (Å²) in [7, 11) is 0. The molecule has 1 rings (SSSR count). The molecule has 3 heteroatoms. The maximum absolute atomic E-state index is 5.39. The number of hydrogen-bond donors (Lipinski definition) is 0. The van der Waals surface area contributed by atoms with E-state index < -0.39 is 0 Å². The molecule has 12 heavy (non-hydrogen) atoms. The van der Waals surface area contributed by atoms with E-state index in [2.05, 4.69) is 28.6 Å². The minimum Gasteiger partial charge on any atom is -0.376 e. The Balaban J connectivity index is 2.19. The molecule has 1 heterocycles. The molecular weight excluding hydrogens is 236 g/mol. The molecule has 0 atom stereocenters. The van der Waals surface area contributed by atoms with Crippen LogP contribution in [0.3, 0.4) is 0 Å². The first kappa shape index (κ1) is 9.96. The molecule has 0 amide bonds. The highest BCUT2D eigenvalue weighted by Crippen LogP contribution is 2.22. The summed E-state index contributed by atoms with van der Waals surface area (Å²) in [6.07, 6.45) is 2.79. The fourth-order valence-electron chi connectivity index (χ4n) is 0.769. The third-order valence-electron chi connectivity index (χ3n) is 1.34. The van der Waals surface area contributed by atoms with Crippen LogP contribution in [-0.4, -0.2) is 6.61 Å². The van der Waals surface area contributed by atoms with Crippen LogP contribution in [0.25, 0.3) is 0 Å². The van der Waals surface area contributed by atoms with Crippen molar-refractivity contribution >= 4 is 27.3 Å². The zero-order chi connectivity index (χ0) is 8.81. The molecule has 1 nitrogen and oxygen atoms in total. The molecular formula is C9H11BrOS. The van der Waals surface area contributed by atoms with Crippen LogP contribution < -0.4 is 0 Å². The summed E-state index contributed by atoms with van der Waals surface area (Å²) in [5, 5.41) is 0. The maximum atomic E-state index is 5.39. The van der Waals surface area contributed by atoms with Gasteiger partial charge < -0.3 is 4.74 Å². The summed E-state index contributed by atoms with van der Waals surface area (Å²) in [6.45, 7) is 5.10. The molecule has 1 aromatic rings. The lowest BCUT2D eigenvalue weighted by atomic mass is 10.4. The van der Waals surface area contributed by atoms with Crippen LogP contribution in [0.1, 0.15) is 11.3 Å². The Labute approximate surface area is 85.2 Å². The fraction of sp³-hybridized carbons (Fsp3) is 0.333. The Hall–Kier alpha value is -0.120. The minimum atomic E-state index is 0.712. The average molecular weight is 247 g/mol. The molecule has 0 saturated carbocycles. The van der Waals surface area contributed by atoms with Crippen molar-refractivity contribution in [2.45, 2.75) is 13.0 Å². The van der Waals surface area contributed by atoms with Crippen molar-refractivity contribution in [3.8, 4) is 0 Å². The van der Waals surface area contributed by atoms with E-state index >= 15 is 0 Å². The Bertz CT molecular complexity index is 244. The molecule has 0 aliphatic carbocycles. The highest BCUT2D eigenvalue weighted by Gasteiger charge is 1.96. The normalized spacial score (nSPS) is 10.1. The van der Waals surface area contributed by atoms with Crippen LogP contribution in [0.15, 0.2) is 28.6 Å². The van der Waals surface area contributed by atoms with Gasteiger partial charge in [0.15, 0.2) is 0 Å². The van der Waals surface area contributed by atoms with Crippen LogP contribution >= 0.6 is 27.3 Å². The van der Waals surface area contributed by atoms with Crippen molar-refractivity contribution in [2.24, 2.45) is 0 Å². The summed E-state index contributed by atoms with van der Waals surface area (Å²) in [5.74, 6) is 0. The molecule has 0 fully saturated rings.